The topological polar surface area (TPSA) is 55.9 Å². The Bertz CT molecular complexity index is 1240. The number of benzene rings is 3. The largest absolute Gasteiger partial charge is 0.365 e. The first-order valence-corrected chi connectivity index (χ1v) is 12.9. The molecule has 186 valence electrons. The Morgan fingerprint density at radius 3 is 2.47 bits per heavy atom. The van der Waals surface area contributed by atoms with Gasteiger partial charge in [0.25, 0.3) is 5.91 Å². The molecule has 0 bridgehead atoms. The second-order valence-electron chi connectivity index (χ2n) is 9.88. The molecule has 0 radical (unpaired) electrons. The average Bonchev–Trinajstić information content (AvgIpc) is 3.11. The minimum absolute atomic E-state index is 0.0325. The van der Waals surface area contributed by atoms with E-state index in [0.717, 1.165) is 31.5 Å². The summed E-state index contributed by atoms with van der Waals surface area (Å²) in [6.45, 7) is 7.14. The van der Waals surface area contributed by atoms with Gasteiger partial charge in [-0.25, -0.2) is 4.79 Å². The van der Waals surface area contributed by atoms with Crippen molar-refractivity contribution >= 4 is 29.0 Å². The molecule has 2 aliphatic rings. The van der Waals surface area contributed by atoms with Gasteiger partial charge in [0.05, 0.1) is 0 Å². The molecule has 0 spiro atoms. The average molecular weight is 483 g/mol. The summed E-state index contributed by atoms with van der Waals surface area (Å²) >= 11 is 0. The van der Waals surface area contributed by atoms with Crippen LogP contribution in [0.4, 0.5) is 21.9 Å². The summed E-state index contributed by atoms with van der Waals surface area (Å²) < 4.78 is 0. The van der Waals surface area contributed by atoms with Gasteiger partial charge in [0.15, 0.2) is 0 Å². The minimum atomic E-state index is -0.135. The van der Waals surface area contributed by atoms with Crippen LogP contribution in [0, 0.1) is 6.92 Å². The van der Waals surface area contributed by atoms with Crippen LogP contribution in [0.5, 0.6) is 0 Å². The number of para-hydroxylation sites is 1. The standard InChI is InChI=1S/C30H34N4O2/c1-22-8-7-11-27(20-22)33-19-18-32(21-23(33)2)29(35)25-13-15-26(16-14-25)31-30(36)34-17-6-5-10-24-9-3-4-12-28(24)34/h3-4,7-9,11-16,20,23H,5-6,10,17-19,21H2,1-2H3,(H,31,36)/t23-/m0/s1. The third-order valence-electron chi connectivity index (χ3n) is 7.24. The Kier molecular flexibility index (Phi) is 6.94. The van der Waals surface area contributed by atoms with Crippen LogP contribution in [-0.4, -0.2) is 49.1 Å². The van der Waals surface area contributed by atoms with E-state index in [-0.39, 0.29) is 18.0 Å². The van der Waals surface area contributed by atoms with Gasteiger partial charge in [-0.05, 0) is 86.7 Å². The van der Waals surface area contributed by atoms with E-state index in [2.05, 4.69) is 54.4 Å². The number of aryl methyl sites for hydroxylation is 2. The SMILES string of the molecule is Cc1cccc(N2CCN(C(=O)c3ccc(NC(=O)N4CCCCc5ccccc54)cc3)C[C@@H]2C)c1. The number of nitrogens with one attached hydrogen (secondary N) is 1. The molecule has 0 aliphatic carbocycles. The molecule has 3 aromatic rings. The highest BCUT2D eigenvalue weighted by atomic mass is 16.2. The predicted molar refractivity (Wildman–Crippen MR) is 146 cm³/mol. The van der Waals surface area contributed by atoms with Gasteiger partial charge >= 0.3 is 6.03 Å². The fraction of sp³-hybridized carbons (Fsp3) is 0.333. The summed E-state index contributed by atoms with van der Waals surface area (Å²) in [6, 6.07) is 24.0. The summed E-state index contributed by atoms with van der Waals surface area (Å²) in [7, 11) is 0. The maximum Gasteiger partial charge on any atom is 0.326 e. The van der Waals surface area contributed by atoms with Gasteiger partial charge in [-0.1, -0.05) is 30.3 Å². The fourth-order valence-electron chi connectivity index (χ4n) is 5.30. The van der Waals surface area contributed by atoms with Crippen molar-refractivity contribution in [1.82, 2.24) is 4.90 Å². The van der Waals surface area contributed by atoms with Crippen molar-refractivity contribution in [2.45, 2.75) is 39.2 Å². The number of piperazine rings is 1. The quantitative estimate of drug-likeness (QED) is 0.519. The Hall–Kier alpha value is -3.80. The smallest absolute Gasteiger partial charge is 0.326 e. The molecule has 36 heavy (non-hydrogen) atoms. The van der Waals surface area contributed by atoms with Crippen molar-refractivity contribution in [3.05, 3.63) is 89.5 Å². The number of hydrogen-bond acceptors (Lipinski definition) is 3. The van der Waals surface area contributed by atoms with Gasteiger partial charge in [-0.3, -0.25) is 9.69 Å². The highest BCUT2D eigenvalue weighted by molar-refractivity contribution is 6.02. The molecule has 3 aromatic carbocycles. The van der Waals surface area contributed by atoms with E-state index in [0.29, 0.717) is 30.9 Å². The lowest BCUT2D eigenvalue weighted by molar-refractivity contribution is 0.0726. The molecule has 2 heterocycles. The van der Waals surface area contributed by atoms with Gasteiger partial charge in [0.2, 0.25) is 0 Å². The number of rotatable bonds is 3. The first kappa shape index (κ1) is 23.9. The molecule has 1 saturated heterocycles. The molecule has 6 heteroatoms. The van der Waals surface area contributed by atoms with Crippen molar-refractivity contribution in [1.29, 1.82) is 0 Å². The number of urea groups is 1. The molecule has 1 atom stereocenters. The second kappa shape index (κ2) is 10.4. The normalized spacial score (nSPS) is 17.8. The van der Waals surface area contributed by atoms with E-state index in [1.54, 1.807) is 0 Å². The number of nitrogens with zero attached hydrogens (tertiary/aromatic N) is 3. The summed E-state index contributed by atoms with van der Waals surface area (Å²) in [4.78, 5) is 32.4. The fourth-order valence-corrected chi connectivity index (χ4v) is 5.30. The third-order valence-corrected chi connectivity index (χ3v) is 7.24. The van der Waals surface area contributed by atoms with E-state index in [4.69, 9.17) is 0 Å². The van der Waals surface area contributed by atoms with Crippen LogP contribution in [0.3, 0.4) is 0 Å². The van der Waals surface area contributed by atoms with Crippen molar-refractivity contribution in [3.63, 3.8) is 0 Å². The first-order chi connectivity index (χ1) is 17.5. The summed E-state index contributed by atoms with van der Waals surface area (Å²) in [6.07, 6.45) is 3.05. The Morgan fingerprint density at radius 1 is 0.889 bits per heavy atom. The van der Waals surface area contributed by atoms with Crippen molar-refractivity contribution in [2.75, 3.05) is 41.3 Å². The van der Waals surface area contributed by atoms with Crippen molar-refractivity contribution in [3.8, 4) is 0 Å². The second-order valence-corrected chi connectivity index (χ2v) is 9.88. The first-order valence-electron chi connectivity index (χ1n) is 12.9. The lowest BCUT2D eigenvalue weighted by atomic mass is 10.1. The number of amides is 3. The molecule has 0 saturated carbocycles. The third kappa shape index (κ3) is 5.08. The monoisotopic (exact) mass is 482 g/mol. The molecular weight excluding hydrogens is 448 g/mol. The van der Waals surface area contributed by atoms with E-state index >= 15 is 0 Å². The van der Waals surface area contributed by atoms with Gasteiger partial charge in [0.1, 0.15) is 0 Å². The van der Waals surface area contributed by atoms with E-state index in [1.807, 2.05) is 52.3 Å². The molecular formula is C30H34N4O2. The van der Waals surface area contributed by atoms with Crippen LogP contribution in [0.15, 0.2) is 72.8 Å². The van der Waals surface area contributed by atoms with Crippen LogP contribution >= 0.6 is 0 Å². The molecule has 0 aromatic heterocycles. The molecule has 0 unspecified atom stereocenters. The van der Waals surface area contributed by atoms with Crippen LogP contribution in [0.1, 0.15) is 41.3 Å². The van der Waals surface area contributed by atoms with Crippen molar-refractivity contribution in [2.24, 2.45) is 0 Å². The van der Waals surface area contributed by atoms with Gasteiger partial charge in [-0.15, -0.1) is 0 Å². The maximum atomic E-state index is 13.2. The zero-order chi connectivity index (χ0) is 25.1. The number of fused-ring (bicyclic) bond motifs is 1. The Morgan fingerprint density at radius 2 is 1.69 bits per heavy atom. The zero-order valence-electron chi connectivity index (χ0n) is 21.1. The van der Waals surface area contributed by atoms with E-state index < -0.39 is 0 Å². The molecule has 6 nitrogen and oxygen atoms in total. The molecule has 1 fully saturated rings. The maximum absolute atomic E-state index is 13.2. The van der Waals surface area contributed by atoms with Gasteiger partial charge in [-0.2, -0.15) is 0 Å². The number of carbonyl (C=O) groups excluding carboxylic acids is 2. The molecule has 2 aliphatic heterocycles. The molecule has 1 N–H and O–H groups in total. The minimum Gasteiger partial charge on any atom is -0.365 e. The van der Waals surface area contributed by atoms with Crippen LogP contribution < -0.4 is 15.1 Å². The van der Waals surface area contributed by atoms with Gasteiger partial charge in [0, 0.05) is 54.8 Å². The summed E-state index contributed by atoms with van der Waals surface area (Å²) in [5.74, 6) is 0.0325. The van der Waals surface area contributed by atoms with E-state index in [1.165, 1.54) is 16.8 Å². The van der Waals surface area contributed by atoms with Crippen LogP contribution in [0.25, 0.3) is 0 Å². The molecule has 3 amide bonds. The lowest BCUT2D eigenvalue weighted by Crippen LogP contribution is -2.53. The molecule has 5 rings (SSSR count). The van der Waals surface area contributed by atoms with Crippen molar-refractivity contribution < 1.29 is 9.59 Å². The zero-order valence-corrected chi connectivity index (χ0v) is 21.1. The number of anilines is 3. The van der Waals surface area contributed by atoms with E-state index in [9.17, 15) is 9.59 Å². The highest BCUT2D eigenvalue weighted by Gasteiger charge is 2.28. The lowest BCUT2D eigenvalue weighted by Gasteiger charge is -2.41. The summed E-state index contributed by atoms with van der Waals surface area (Å²) in [5, 5.41) is 3.02. The van der Waals surface area contributed by atoms with Crippen LogP contribution in [-0.2, 0) is 6.42 Å². The Balaban J connectivity index is 1.22. The number of hydrogen-bond donors (Lipinski definition) is 1. The van der Waals surface area contributed by atoms with Crippen LogP contribution in [0.2, 0.25) is 0 Å². The highest BCUT2D eigenvalue weighted by Crippen LogP contribution is 2.27. The Labute approximate surface area is 213 Å². The summed E-state index contributed by atoms with van der Waals surface area (Å²) in [5.41, 5.74) is 5.98. The van der Waals surface area contributed by atoms with Gasteiger partial charge < -0.3 is 15.1 Å². The number of carbonyl (C=O) groups is 2. The predicted octanol–water partition coefficient (Wildman–Crippen LogP) is 5.72.